The number of aliphatic carboxylic acids is 2. The first-order valence-corrected chi connectivity index (χ1v) is 22.5. The van der Waals surface area contributed by atoms with Gasteiger partial charge in [0, 0.05) is 35.0 Å². The molecule has 0 aromatic rings. The zero-order valence-corrected chi connectivity index (χ0v) is 33.5. The summed E-state index contributed by atoms with van der Waals surface area (Å²) in [6.45, 7) is 9.89. The number of aliphatic hydroxyl groups is 1. The van der Waals surface area contributed by atoms with Gasteiger partial charge in [0.15, 0.2) is 5.78 Å². The van der Waals surface area contributed by atoms with Gasteiger partial charge in [-0.15, -0.1) is 11.7 Å². The Kier molecular flexibility index (Phi) is 22.2. The average molecular weight is 821 g/mol. The lowest BCUT2D eigenvalue weighted by Crippen LogP contribution is -2.59. The van der Waals surface area contributed by atoms with Crippen LogP contribution in [-0.2, 0) is 33.6 Å². The molecule has 1 fully saturated rings. The maximum absolute atomic E-state index is 13.5. The molecule has 0 radical (unpaired) electrons. The lowest BCUT2D eigenvalue weighted by atomic mass is 10.0. The van der Waals surface area contributed by atoms with E-state index in [2.05, 4.69) is 43.6 Å². The number of carboxylic acids is 2. The number of carbonyl (C=O) groups is 7. The minimum absolute atomic E-state index is 0.0488. The second-order valence-electron chi connectivity index (χ2n) is 11.9. The molecule has 0 aromatic heterocycles. The first-order chi connectivity index (χ1) is 23.4. The van der Waals surface area contributed by atoms with Crippen LogP contribution < -0.4 is 31.9 Å². The first-order valence-electron chi connectivity index (χ1n) is 15.6. The van der Waals surface area contributed by atoms with Gasteiger partial charge in [0.25, 0.3) is 0 Å². The maximum atomic E-state index is 13.5. The highest BCUT2D eigenvalue weighted by Gasteiger charge is 2.34. The molecule has 0 aromatic carbocycles. The summed E-state index contributed by atoms with van der Waals surface area (Å²) in [5, 5.41) is 45.5. The molecule has 1 rings (SSSR count). The molecule has 22 heteroatoms. The van der Waals surface area contributed by atoms with Gasteiger partial charge in [-0.25, -0.2) is 4.79 Å². The molecule has 1 aliphatic rings. The highest BCUT2D eigenvalue weighted by atomic mass is 33.1. The highest BCUT2D eigenvalue weighted by Crippen LogP contribution is 2.26. The van der Waals surface area contributed by atoms with Crippen molar-refractivity contribution in [3.63, 3.8) is 0 Å². The molecule has 1 aliphatic heterocycles. The van der Waals surface area contributed by atoms with Gasteiger partial charge in [-0.2, -0.15) is 0 Å². The van der Waals surface area contributed by atoms with Crippen LogP contribution in [0.15, 0.2) is 0 Å². The predicted octanol–water partition coefficient (Wildman–Crippen LogP) is 0.116. The molecule has 1 unspecified atom stereocenters. The summed E-state index contributed by atoms with van der Waals surface area (Å²) < 4.78 is 0. The fourth-order valence-corrected chi connectivity index (χ4v) is 9.29. The van der Waals surface area contributed by atoms with Crippen molar-refractivity contribution in [3.05, 3.63) is 0 Å². The number of aliphatic hydroxyl groups excluding tert-OH is 1. The van der Waals surface area contributed by atoms with Crippen LogP contribution in [0, 0.1) is 5.92 Å². The Morgan fingerprint density at radius 1 is 0.760 bits per heavy atom. The smallest absolute Gasteiger partial charge is 0.327 e. The van der Waals surface area contributed by atoms with Crippen LogP contribution in [0.2, 0.25) is 0 Å². The second-order valence-corrected chi connectivity index (χ2v) is 18.5. The molecule has 1 heterocycles. The number of thiol groups is 1. The Morgan fingerprint density at radius 2 is 1.26 bits per heavy atom. The summed E-state index contributed by atoms with van der Waals surface area (Å²) in [4.78, 5) is 90.2. The van der Waals surface area contributed by atoms with Gasteiger partial charge in [0.1, 0.15) is 18.1 Å². The van der Waals surface area contributed by atoms with Crippen LogP contribution in [0.4, 0.5) is 0 Å². The number of nitrogens with one attached hydrogen (secondary N) is 6. The Morgan fingerprint density at radius 3 is 1.74 bits per heavy atom. The van der Waals surface area contributed by atoms with E-state index in [1.165, 1.54) is 28.5 Å². The minimum atomic E-state index is -1.53. The van der Waals surface area contributed by atoms with Crippen LogP contribution in [-0.4, -0.2) is 133 Å². The van der Waals surface area contributed by atoms with Gasteiger partial charge in [0.2, 0.25) is 23.6 Å². The number of rotatable bonds is 11. The van der Waals surface area contributed by atoms with Gasteiger partial charge >= 0.3 is 11.9 Å². The second kappa shape index (κ2) is 23.9. The normalized spacial score (nSPS) is 27.1. The molecule has 286 valence electrons. The van der Waals surface area contributed by atoms with Crippen molar-refractivity contribution in [2.75, 3.05) is 23.0 Å². The molecule has 0 saturated carbocycles. The zero-order valence-electron chi connectivity index (χ0n) is 28.5. The van der Waals surface area contributed by atoms with Gasteiger partial charge in [-0.1, -0.05) is 81.7 Å². The van der Waals surface area contributed by atoms with E-state index >= 15 is 0 Å². The molecule has 50 heavy (non-hydrogen) atoms. The molecule has 9 N–H and O–H groups in total. The Hall–Kier alpha value is -1.53. The Bertz CT molecular complexity index is 1190. The van der Waals surface area contributed by atoms with Crippen molar-refractivity contribution in [2.45, 2.75) is 102 Å². The summed E-state index contributed by atoms with van der Waals surface area (Å²) in [5.41, 5.74) is 0. The number of ketones is 1. The van der Waals surface area contributed by atoms with E-state index < -0.39 is 90.3 Å². The van der Waals surface area contributed by atoms with E-state index in [1.54, 1.807) is 20.8 Å². The lowest BCUT2D eigenvalue weighted by molar-refractivity contribution is -0.142. The first kappa shape index (κ1) is 46.5. The molecular formula is C28H48N6O10S6. The van der Waals surface area contributed by atoms with Crippen LogP contribution in [0.25, 0.3) is 0 Å². The van der Waals surface area contributed by atoms with Crippen molar-refractivity contribution in [1.82, 2.24) is 31.9 Å². The van der Waals surface area contributed by atoms with Crippen LogP contribution in [0.1, 0.15) is 48.0 Å². The van der Waals surface area contributed by atoms with Crippen molar-refractivity contribution >= 4 is 107 Å². The molecule has 4 amide bonds. The fourth-order valence-electron chi connectivity index (χ4n) is 4.20. The summed E-state index contributed by atoms with van der Waals surface area (Å²) in [6.07, 6.45) is -2.14. The fraction of sp³-hybridized carbons (Fsp3) is 0.750. The third-order valence-corrected chi connectivity index (χ3v) is 13.0. The summed E-state index contributed by atoms with van der Waals surface area (Å²) in [6, 6.07) is -7.53. The summed E-state index contributed by atoms with van der Waals surface area (Å²) in [7, 11) is 5.59. The van der Waals surface area contributed by atoms with Crippen LogP contribution >= 0.6 is 65.6 Å². The van der Waals surface area contributed by atoms with Gasteiger partial charge in [-0.05, 0) is 13.8 Å². The van der Waals surface area contributed by atoms with Crippen molar-refractivity contribution in [1.29, 1.82) is 0 Å². The van der Waals surface area contributed by atoms with E-state index in [9.17, 15) is 48.9 Å². The quantitative estimate of drug-likeness (QED) is 0.0755. The number of hydrogen-bond acceptors (Lipinski definition) is 16. The molecule has 8 atom stereocenters. The SMILES string of the molecule is CC(C)N[C@H]1CSSC[C@H](NC(C)SS)C(=O)N[C@@H](CC(=O)O)C(=O)N[C@H](C(=O)C(C)C)CSSC[C@@H](C(=O)O)NC(=O)[C@H]([C@@H](C)O)NC1=O. The third kappa shape index (κ3) is 17.3. The topological polar surface area (TPSA) is 252 Å². The molecular weight excluding hydrogens is 773 g/mol. The standard InChI is InChI=1S/C28H48N6O10S6/c1-12(2)23(38)17-8-46-49-11-20(28(43)44)33-27(42)22(14(5)35)34-26(41)18(29-13(3)4)9-47-48-10-19(30-15(6)50-45)25(40)31-16(7-21(36)37)24(39)32-17/h12-20,22,29-30,35,45H,7-11H2,1-6H3,(H,31,40)(H,32,39)(H,33,42)(H,34,41)(H,36,37)(H,43,44)/t14-,15?,16+,17+,18+,19+,20+,22+/m1/s1. The minimum Gasteiger partial charge on any atom is -0.481 e. The van der Waals surface area contributed by atoms with Crippen molar-refractivity contribution in [3.8, 4) is 0 Å². The van der Waals surface area contributed by atoms with E-state index in [4.69, 9.17) is 0 Å². The van der Waals surface area contributed by atoms with Crippen LogP contribution in [0.3, 0.4) is 0 Å². The zero-order chi connectivity index (χ0) is 38.1. The number of hydrogen-bond donors (Lipinski definition) is 10. The number of carboxylic acid groups (broad SMARTS) is 2. The molecule has 0 spiro atoms. The predicted molar refractivity (Wildman–Crippen MR) is 204 cm³/mol. The highest BCUT2D eigenvalue weighted by molar-refractivity contribution is 8.77. The molecule has 16 nitrogen and oxygen atoms in total. The molecule has 0 aliphatic carbocycles. The molecule has 0 bridgehead atoms. The third-order valence-electron chi connectivity index (χ3n) is 6.78. The largest absolute Gasteiger partial charge is 0.481 e. The average Bonchev–Trinajstić information content (AvgIpc) is 3.02. The van der Waals surface area contributed by atoms with Crippen molar-refractivity contribution < 1.29 is 48.9 Å². The maximum Gasteiger partial charge on any atom is 0.327 e. The monoisotopic (exact) mass is 820 g/mol. The summed E-state index contributed by atoms with van der Waals surface area (Å²) in [5.74, 6) is -6.73. The number of amides is 4. The Labute approximate surface area is 316 Å². The van der Waals surface area contributed by atoms with E-state index in [0.717, 1.165) is 32.4 Å². The van der Waals surface area contributed by atoms with Crippen LogP contribution in [0.5, 0.6) is 0 Å². The lowest BCUT2D eigenvalue weighted by Gasteiger charge is -2.27. The van der Waals surface area contributed by atoms with Gasteiger partial charge < -0.3 is 41.9 Å². The summed E-state index contributed by atoms with van der Waals surface area (Å²) >= 11 is 4.18. The molecule has 1 saturated heterocycles. The van der Waals surface area contributed by atoms with Gasteiger partial charge in [-0.3, -0.25) is 34.1 Å². The van der Waals surface area contributed by atoms with E-state index in [-0.39, 0.29) is 40.2 Å². The Balaban J connectivity index is 3.51. The van der Waals surface area contributed by atoms with E-state index in [0.29, 0.717) is 0 Å². The van der Waals surface area contributed by atoms with E-state index in [1.807, 2.05) is 13.8 Å². The van der Waals surface area contributed by atoms with Gasteiger partial charge in [0.05, 0.1) is 36.0 Å². The number of Topliss-reactive ketones (excluding diaryl/α,β-unsaturated/α-hetero) is 1. The van der Waals surface area contributed by atoms with Crippen molar-refractivity contribution in [2.24, 2.45) is 5.92 Å². The number of carbonyl (C=O) groups excluding carboxylic acids is 5.